The molecule has 2 aliphatic heterocycles. The van der Waals surface area contributed by atoms with E-state index in [9.17, 15) is 4.79 Å². The van der Waals surface area contributed by atoms with Crippen LogP contribution in [0.5, 0.6) is 17.2 Å². The first-order chi connectivity index (χ1) is 16.5. The van der Waals surface area contributed by atoms with Crippen LogP contribution in [0.1, 0.15) is 24.1 Å². The Hall–Kier alpha value is -3.58. The number of aromatic nitrogens is 1. The summed E-state index contributed by atoms with van der Waals surface area (Å²) in [5, 5.41) is 3.12. The number of likely N-dealkylation sites (tertiary alicyclic amines) is 1. The zero-order valence-electron chi connectivity index (χ0n) is 19.9. The Morgan fingerprint density at radius 2 is 1.88 bits per heavy atom. The molecule has 0 saturated carbocycles. The van der Waals surface area contributed by atoms with Crippen molar-refractivity contribution in [1.29, 1.82) is 0 Å². The second-order valence-corrected chi connectivity index (χ2v) is 9.18. The second-order valence-electron chi connectivity index (χ2n) is 9.18. The van der Waals surface area contributed by atoms with Gasteiger partial charge in [0, 0.05) is 50.3 Å². The predicted molar refractivity (Wildman–Crippen MR) is 133 cm³/mol. The number of carbonyl (C=O) groups excluding carboxylic acids is 1. The lowest BCUT2D eigenvalue weighted by Gasteiger charge is -2.38. The number of piperidine rings is 1. The van der Waals surface area contributed by atoms with E-state index < -0.39 is 5.41 Å². The lowest BCUT2D eigenvalue weighted by Crippen LogP contribution is -2.46. The van der Waals surface area contributed by atoms with E-state index in [4.69, 9.17) is 9.47 Å². The van der Waals surface area contributed by atoms with Crippen molar-refractivity contribution in [2.24, 2.45) is 0 Å². The first-order valence-corrected chi connectivity index (χ1v) is 11.6. The molecule has 2 aliphatic rings. The van der Waals surface area contributed by atoms with Gasteiger partial charge in [0.2, 0.25) is 5.91 Å². The number of pyridine rings is 1. The van der Waals surface area contributed by atoms with Crippen molar-refractivity contribution in [2.45, 2.75) is 24.8 Å². The van der Waals surface area contributed by atoms with Crippen molar-refractivity contribution >= 4 is 17.3 Å². The third-order valence-electron chi connectivity index (χ3n) is 6.89. The maximum Gasteiger partial charge on any atom is 0.235 e. The molecule has 1 N–H and O–H groups in total. The van der Waals surface area contributed by atoms with Gasteiger partial charge in [-0.25, -0.2) is 0 Å². The highest BCUT2D eigenvalue weighted by atomic mass is 16.5. The number of ether oxygens (including phenoxy) is 2. The van der Waals surface area contributed by atoms with Gasteiger partial charge in [-0.2, -0.15) is 0 Å². The van der Waals surface area contributed by atoms with Crippen LogP contribution in [0, 0.1) is 0 Å². The normalized spacial score (nSPS) is 16.7. The lowest BCUT2D eigenvalue weighted by atomic mass is 9.73. The summed E-state index contributed by atoms with van der Waals surface area (Å²) in [6.45, 7) is 2.47. The number of amides is 1. The first-order valence-electron chi connectivity index (χ1n) is 11.6. The highest BCUT2D eigenvalue weighted by Crippen LogP contribution is 2.49. The van der Waals surface area contributed by atoms with Crippen LogP contribution in [0.25, 0.3) is 0 Å². The number of carbonyl (C=O) groups is 1. The van der Waals surface area contributed by atoms with Crippen LogP contribution in [-0.2, 0) is 16.8 Å². The number of fused-ring (bicyclic) bond motifs is 2. The number of nitrogens with one attached hydrogen (secondary N) is 1. The van der Waals surface area contributed by atoms with Gasteiger partial charge in [-0.1, -0.05) is 12.1 Å². The maximum absolute atomic E-state index is 13.2. The molecule has 7 heteroatoms. The van der Waals surface area contributed by atoms with Gasteiger partial charge in [0.1, 0.15) is 5.75 Å². The van der Waals surface area contributed by atoms with Gasteiger partial charge in [0.05, 0.1) is 18.2 Å². The van der Waals surface area contributed by atoms with Crippen molar-refractivity contribution in [2.75, 3.05) is 44.5 Å². The largest absolute Gasteiger partial charge is 0.493 e. The smallest absolute Gasteiger partial charge is 0.235 e. The Labute approximate surface area is 200 Å². The molecule has 176 valence electrons. The zero-order valence-corrected chi connectivity index (χ0v) is 19.9. The van der Waals surface area contributed by atoms with E-state index in [1.807, 2.05) is 79.8 Å². The molecule has 1 fully saturated rings. The van der Waals surface area contributed by atoms with Gasteiger partial charge in [-0.15, -0.1) is 0 Å². The molecular formula is C27H30N4O3. The van der Waals surface area contributed by atoms with Gasteiger partial charge < -0.3 is 19.7 Å². The predicted octanol–water partition coefficient (Wildman–Crippen LogP) is 4.43. The minimum absolute atomic E-state index is 0.0637. The van der Waals surface area contributed by atoms with Gasteiger partial charge in [0.15, 0.2) is 11.5 Å². The quantitative estimate of drug-likeness (QED) is 0.589. The van der Waals surface area contributed by atoms with Crippen LogP contribution < -0.4 is 19.7 Å². The first kappa shape index (κ1) is 22.2. The zero-order chi connectivity index (χ0) is 23.7. The van der Waals surface area contributed by atoms with Crippen LogP contribution in [-0.4, -0.2) is 50.1 Å². The maximum atomic E-state index is 13.2. The number of nitrogens with zero attached hydrogens (tertiary/aromatic N) is 3. The number of methoxy groups -OCH3 is 1. The van der Waals surface area contributed by atoms with Crippen LogP contribution in [0.15, 0.2) is 60.8 Å². The van der Waals surface area contributed by atoms with E-state index >= 15 is 0 Å². The van der Waals surface area contributed by atoms with E-state index in [1.54, 1.807) is 7.11 Å². The van der Waals surface area contributed by atoms with Crippen molar-refractivity contribution in [3.05, 3.63) is 72.1 Å². The van der Waals surface area contributed by atoms with E-state index in [0.717, 1.165) is 55.1 Å². The summed E-state index contributed by atoms with van der Waals surface area (Å²) in [6.07, 6.45) is 3.34. The molecular weight excluding hydrogens is 428 g/mol. The molecule has 1 aromatic heterocycles. The number of rotatable bonds is 6. The van der Waals surface area contributed by atoms with E-state index in [-0.39, 0.29) is 5.91 Å². The highest BCUT2D eigenvalue weighted by molar-refractivity contribution is 6.06. The summed E-state index contributed by atoms with van der Waals surface area (Å²) in [6, 6.07) is 17.7. The average Bonchev–Trinajstić information content (AvgIpc) is 3.10. The Bertz CT molecular complexity index is 1190. The number of anilines is 2. The topological polar surface area (TPSA) is 66.9 Å². The Morgan fingerprint density at radius 1 is 1.06 bits per heavy atom. The molecule has 5 rings (SSSR count). The summed E-state index contributed by atoms with van der Waals surface area (Å²) < 4.78 is 11.9. The minimum atomic E-state index is -0.535. The van der Waals surface area contributed by atoms with E-state index in [0.29, 0.717) is 17.2 Å². The summed E-state index contributed by atoms with van der Waals surface area (Å²) in [4.78, 5) is 22.1. The monoisotopic (exact) mass is 458 g/mol. The Morgan fingerprint density at radius 3 is 2.59 bits per heavy atom. The standard InChI is InChI=1S/C27H30N4O3/c1-30(2)20-8-6-9-21(15-20)34-25-17-23-22(16-24(25)33-3)27(26(32)29-23)10-13-31(14-11-27)18-19-7-4-5-12-28-19/h4-9,12,15-17H,10-11,13-14,18H2,1-3H3,(H,29,32). The lowest BCUT2D eigenvalue weighted by molar-refractivity contribution is -0.122. The fourth-order valence-corrected chi connectivity index (χ4v) is 4.92. The average molecular weight is 459 g/mol. The van der Waals surface area contributed by atoms with Crippen LogP contribution in [0.2, 0.25) is 0 Å². The van der Waals surface area contributed by atoms with Gasteiger partial charge in [-0.05, 0) is 61.8 Å². The molecule has 0 atom stereocenters. The fraction of sp³-hybridized carbons (Fsp3) is 0.333. The third kappa shape index (κ3) is 4.07. The molecule has 34 heavy (non-hydrogen) atoms. The van der Waals surface area contributed by atoms with Crippen molar-refractivity contribution in [3.8, 4) is 17.2 Å². The Balaban J connectivity index is 1.38. The molecule has 0 radical (unpaired) electrons. The van der Waals surface area contributed by atoms with Gasteiger partial charge in [0.25, 0.3) is 0 Å². The summed E-state index contributed by atoms with van der Waals surface area (Å²) in [5.41, 5.74) is 3.37. The summed E-state index contributed by atoms with van der Waals surface area (Å²) >= 11 is 0. The number of hydrogen-bond acceptors (Lipinski definition) is 6. The molecule has 7 nitrogen and oxygen atoms in total. The molecule has 2 aromatic carbocycles. The molecule has 0 aliphatic carbocycles. The second kappa shape index (κ2) is 8.99. The minimum Gasteiger partial charge on any atom is -0.493 e. The third-order valence-corrected chi connectivity index (χ3v) is 6.89. The fourth-order valence-electron chi connectivity index (χ4n) is 4.92. The summed E-state index contributed by atoms with van der Waals surface area (Å²) in [7, 11) is 5.62. The van der Waals surface area contributed by atoms with Crippen LogP contribution >= 0.6 is 0 Å². The number of hydrogen-bond donors (Lipinski definition) is 1. The molecule has 3 aromatic rings. The molecule has 0 unspecified atom stereocenters. The Kier molecular flexibility index (Phi) is 5.87. The molecule has 1 saturated heterocycles. The number of benzene rings is 2. The van der Waals surface area contributed by atoms with Crippen molar-refractivity contribution < 1.29 is 14.3 Å². The molecule has 3 heterocycles. The highest BCUT2D eigenvalue weighted by Gasteiger charge is 2.49. The van der Waals surface area contributed by atoms with Crippen molar-refractivity contribution in [3.63, 3.8) is 0 Å². The van der Waals surface area contributed by atoms with Crippen molar-refractivity contribution in [1.82, 2.24) is 9.88 Å². The van der Waals surface area contributed by atoms with Gasteiger partial charge >= 0.3 is 0 Å². The SMILES string of the molecule is COc1cc2c(cc1Oc1cccc(N(C)C)c1)NC(=O)C21CCN(Cc2ccccn2)CC1. The van der Waals surface area contributed by atoms with Gasteiger partial charge in [-0.3, -0.25) is 14.7 Å². The molecule has 1 spiro atoms. The summed E-state index contributed by atoms with van der Waals surface area (Å²) in [5.74, 6) is 1.99. The van der Waals surface area contributed by atoms with E-state index in [2.05, 4.69) is 15.2 Å². The molecule has 0 bridgehead atoms. The van der Waals surface area contributed by atoms with Crippen LogP contribution in [0.3, 0.4) is 0 Å². The van der Waals surface area contributed by atoms with E-state index in [1.165, 1.54) is 0 Å². The molecule has 1 amide bonds. The van der Waals surface area contributed by atoms with Crippen LogP contribution in [0.4, 0.5) is 11.4 Å².